The Morgan fingerprint density at radius 1 is 0.903 bits per heavy atom. The first kappa shape index (κ1) is 21.6. The van der Waals surface area contributed by atoms with Gasteiger partial charge in [-0.05, 0) is 57.1 Å². The highest BCUT2D eigenvalue weighted by atomic mass is 16.2. The van der Waals surface area contributed by atoms with Crippen LogP contribution in [0.15, 0.2) is 60.7 Å². The van der Waals surface area contributed by atoms with E-state index >= 15 is 0 Å². The fourth-order valence-corrected chi connectivity index (χ4v) is 5.91. The monoisotopic (exact) mass is 418 g/mol. The van der Waals surface area contributed by atoms with Crippen LogP contribution in [0.1, 0.15) is 64.0 Å². The van der Waals surface area contributed by atoms with Crippen LogP contribution in [0.5, 0.6) is 0 Å². The van der Waals surface area contributed by atoms with E-state index in [9.17, 15) is 9.59 Å². The van der Waals surface area contributed by atoms with Gasteiger partial charge in [-0.2, -0.15) is 0 Å². The molecule has 0 radical (unpaired) electrons. The number of benzene rings is 2. The number of carbonyl (C=O) groups excluding carboxylic acids is 2. The van der Waals surface area contributed by atoms with Gasteiger partial charge in [0, 0.05) is 20.0 Å². The van der Waals surface area contributed by atoms with Crippen LogP contribution in [0.4, 0.5) is 0 Å². The second-order valence-electron chi connectivity index (χ2n) is 9.50. The summed E-state index contributed by atoms with van der Waals surface area (Å²) in [6.45, 7) is 7.48. The molecule has 2 amide bonds. The van der Waals surface area contributed by atoms with E-state index < -0.39 is 5.41 Å². The normalized spacial score (nSPS) is 24.3. The zero-order valence-electron chi connectivity index (χ0n) is 19.0. The topological polar surface area (TPSA) is 40.6 Å². The molecule has 2 aliphatic rings. The summed E-state index contributed by atoms with van der Waals surface area (Å²) in [6.07, 6.45) is 4.87. The Kier molecular flexibility index (Phi) is 5.92. The van der Waals surface area contributed by atoms with Crippen LogP contribution in [0.25, 0.3) is 0 Å². The maximum atomic E-state index is 14.4. The fraction of sp³-hybridized carbons (Fsp3) is 0.481. The van der Waals surface area contributed by atoms with Gasteiger partial charge in [0.15, 0.2) is 0 Å². The van der Waals surface area contributed by atoms with Gasteiger partial charge in [0.25, 0.3) is 0 Å². The number of fused-ring (bicyclic) bond motifs is 1. The number of hydrogen-bond acceptors (Lipinski definition) is 2. The summed E-state index contributed by atoms with van der Waals surface area (Å²) in [5.74, 6) is 0.267. The van der Waals surface area contributed by atoms with Crippen LogP contribution < -0.4 is 0 Å². The van der Waals surface area contributed by atoms with Crippen molar-refractivity contribution in [1.29, 1.82) is 0 Å². The van der Waals surface area contributed by atoms with E-state index in [0.717, 1.165) is 56.3 Å². The smallest absolute Gasteiger partial charge is 0.237 e. The average Bonchev–Trinajstić information content (AvgIpc) is 2.97. The summed E-state index contributed by atoms with van der Waals surface area (Å²) in [5, 5.41) is 0. The minimum absolute atomic E-state index is 0.0481. The molecule has 0 aromatic heterocycles. The van der Waals surface area contributed by atoms with Crippen molar-refractivity contribution in [3.05, 3.63) is 71.8 Å². The summed E-state index contributed by atoms with van der Waals surface area (Å²) < 4.78 is 0. The Morgan fingerprint density at radius 3 is 2.03 bits per heavy atom. The van der Waals surface area contributed by atoms with Crippen LogP contribution in [-0.4, -0.2) is 46.3 Å². The van der Waals surface area contributed by atoms with E-state index in [1.807, 2.05) is 41.3 Å². The molecular formula is C27H34N2O2. The molecule has 2 aromatic carbocycles. The largest absolute Gasteiger partial charge is 0.336 e. The van der Waals surface area contributed by atoms with Gasteiger partial charge in [-0.25, -0.2) is 0 Å². The first-order valence-corrected chi connectivity index (χ1v) is 11.6. The van der Waals surface area contributed by atoms with Crippen LogP contribution in [0, 0.1) is 0 Å². The van der Waals surface area contributed by atoms with Crippen molar-refractivity contribution in [3.63, 3.8) is 0 Å². The molecule has 2 aromatic rings. The quantitative estimate of drug-likeness (QED) is 0.720. The molecular weight excluding hydrogens is 384 g/mol. The lowest BCUT2D eigenvalue weighted by Crippen LogP contribution is -2.66. The number of likely N-dealkylation sites (tertiary alicyclic amines) is 2. The molecule has 4 rings (SSSR count). The van der Waals surface area contributed by atoms with Crippen molar-refractivity contribution in [2.45, 2.75) is 69.9 Å². The van der Waals surface area contributed by atoms with Gasteiger partial charge < -0.3 is 9.80 Å². The van der Waals surface area contributed by atoms with Crippen molar-refractivity contribution in [3.8, 4) is 0 Å². The van der Waals surface area contributed by atoms with Gasteiger partial charge in [-0.15, -0.1) is 0 Å². The molecule has 2 saturated heterocycles. The SMILES string of the molecule is CC(=O)N1CCCC[C@@H]2N(C(=O)C(C)(c3ccccc3)c3ccccc3)CCC[C@@]21C. The van der Waals surface area contributed by atoms with Gasteiger partial charge in [0.2, 0.25) is 11.8 Å². The second-order valence-corrected chi connectivity index (χ2v) is 9.50. The van der Waals surface area contributed by atoms with Crippen LogP contribution in [0.2, 0.25) is 0 Å². The Hall–Kier alpha value is -2.62. The van der Waals surface area contributed by atoms with Gasteiger partial charge in [-0.1, -0.05) is 60.7 Å². The minimum atomic E-state index is -0.770. The molecule has 164 valence electrons. The third-order valence-electron chi connectivity index (χ3n) is 7.67. The number of nitrogens with zero attached hydrogens (tertiary/aromatic N) is 2. The maximum absolute atomic E-state index is 14.4. The zero-order valence-corrected chi connectivity index (χ0v) is 19.0. The Morgan fingerprint density at radius 2 is 1.48 bits per heavy atom. The summed E-state index contributed by atoms with van der Waals surface area (Å²) in [7, 11) is 0. The number of rotatable bonds is 3. The first-order valence-electron chi connectivity index (χ1n) is 11.6. The van der Waals surface area contributed by atoms with E-state index in [1.165, 1.54) is 0 Å². The van der Waals surface area contributed by atoms with Gasteiger partial charge in [0.05, 0.1) is 17.0 Å². The lowest BCUT2D eigenvalue weighted by atomic mass is 9.72. The maximum Gasteiger partial charge on any atom is 0.237 e. The average molecular weight is 419 g/mol. The summed E-state index contributed by atoms with van der Waals surface area (Å²) in [6, 6.07) is 20.3. The molecule has 0 bridgehead atoms. The molecule has 4 nitrogen and oxygen atoms in total. The number of carbonyl (C=O) groups is 2. The van der Waals surface area contributed by atoms with Crippen LogP contribution >= 0.6 is 0 Å². The molecule has 31 heavy (non-hydrogen) atoms. The highest BCUT2D eigenvalue weighted by Gasteiger charge is 2.51. The molecule has 4 heteroatoms. The summed E-state index contributed by atoms with van der Waals surface area (Å²) >= 11 is 0. The molecule has 2 heterocycles. The number of hydrogen-bond donors (Lipinski definition) is 0. The predicted molar refractivity (Wildman–Crippen MR) is 124 cm³/mol. The Balaban J connectivity index is 1.79. The third kappa shape index (κ3) is 3.66. The third-order valence-corrected chi connectivity index (χ3v) is 7.67. The number of piperidine rings is 1. The molecule has 0 aliphatic carbocycles. The Labute approximate surface area is 186 Å². The van der Waals surface area contributed by atoms with Crippen molar-refractivity contribution in [1.82, 2.24) is 9.80 Å². The minimum Gasteiger partial charge on any atom is -0.336 e. The van der Waals surface area contributed by atoms with E-state index in [1.54, 1.807) is 6.92 Å². The summed E-state index contributed by atoms with van der Waals surface area (Å²) in [5.41, 5.74) is 0.949. The first-order chi connectivity index (χ1) is 14.9. The molecule has 2 fully saturated rings. The van der Waals surface area contributed by atoms with Crippen molar-refractivity contribution in [2.24, 2.45) is 0 Å². The van der Waals surface area contributed by atoms with Crippen molar-refractivity contribution < 1.29 is 9.59 Å². The van der Waals surface area contributed by atoms with Gasteiger partial charge >= 0.3 is 0 Å². The molecule has 0 saturated carbocycles. The lowest BCUT2D eigenvalue weighted by molar-refractivity contribution is -0.151. The van der Waals surface area contributed by atoms with E-state index in [2.05, 4.69) is 43.0 Å². The van der Waals surface area contributed by atoms with E-state index in [0.29, 0.717) is 0 Å². The predicted octanol–water partition coefficient (Wildman–Crippen LogP) is 4.77. The van der Waals surface area contributed by atoms with E-state index in [4.69, 9.17) is 0 Å². The van der Waals surface area contributed by atoms with Gasteiger partial charge in [-0.3, -0.25) is 9.59 Å². The standard InChI is InChI=1S/C27H34N2O2/c1-21(30)29-20-11-10-17-24-26(29,2)18-12-19-28(24)25(31)27(3,22-13-6-4-7-14-22)23-15-8-5-9-16-23/h4-9,13-16,24H,10-12,17-20H2,1-3H3/t24-,26-/m0/s1. The van der Waals surface area contributed by atoms with Gasteiger partial charge in [0.1, 0.15) is 0 Å². The lowest BCUT2D eigenvalue weighted by Gasteiger charge is -2.54. The van der Waals surface area contributed by atoms with Crippen molar-refractivity contribution in [2.75, 3.05) is 13.1 Å². The highest BCUT2D eigenvalue weighted by Crippen LogP contribution is 2.42. The van der Waals surface area contributed by atoms with Crippen LogP contribution in [0.3, 0.4) is 0 Å². The molecule has 0 spiro atoms. The second kappa shape index (κ2) is 8.49. The van der Waals surface area contributed by atoms with Crippen molar-refractivity contribution >= 4 is 11.8 Å². The molecule has 2 atom stereocenters. The zero-order chi connectivity index (χ0) is 22.1. The summed E-state index contributed by atoms with van der Waals surface area (Å²) in [4.78, 5) is 31.1. The molecule has 2 aliphatic heterocycles. The number of amides is 2. The van der Waals surface area contributed by atoms with Crippen LogP contribution in [-0.2, 0) is 15.0 Å². The van der Waals surface area contributed by atoms with E-state index in [-0.39, 0.29) is 23.4 Å². The Bertz CT molecular complexity index is 887. The fourth-order valence-electron chi connectivity index (χ4n) is 5.91. The molecule has 0 N–H and O–H groups in total. The highest BCUT2D eigenvalue weighted by molar-refractivity contribution is 5.92. The molecule has 0 unspecified atom stereocenters.